The van der Waals surface area contributed by atoms with Crippen LogP contribution in [-0.4, -0.2) is 27.2 Å². The molecule has 0 unspecified atom stereocenters. The summed E-state index contributed by atoms with van der Waals surface area (Å²) >= 11 is 0. The molecule has 0 amide bonds. The molecule has 5 heteroatoms. The second-order valence-electron chi connectivity index (χ2n) is 3.39. The fraction of sp³-hybridized carbons (Fsp3) is 0.500. The second kappa shape index (κ2) is 2.85. The van der Waals surface area contributed by atoms with Gasteiger partial charge in [0.05, 0.1) is 24.5 Å². The summed E-state index contributed by atoms with van der Waals surface area (Å²) in [6.45, 7) is 0.138. The minimum Gasteiger partial charge on any atom is -0.394 e. The van der Waals surface area contributed by atoms with Gasteiger partial charge < -0.3 is 16.2 Å². The van der Waals surface area contributed by atoms with Gasteiger partial charge in [-0.1, -0.05) is 0 Å². The number of aliphatic hydroxyl groups excluding tert-OH is 1. The third kappa shape index (κ3) is 1.70. The molecule has 1 saturated carbocycles. The molecule has 1 aromatic heterocycles. The third-order valence-electron chi connectivity index (χ3n) is 2.22. The molecule has 0 atom stereocenters. The maximum Gasteiger partial charge on any atom is 0.145 e. The molecule has 5 nitrogen and oxygen atoms in total. The number of aromatic nitrogens is 2. The van der Waals surface area contributed by atoms with E-state index in [1.54, 1.807) is 6.20 Å². The Kier molecular flexibility index (Phi) is 1.81. The highest BCUT2D eigenvalue weighted by atomic mass is 16.3. The van der Waals surface area contributed by atoms with Gasteiger partial charge in [-0.05, 0) is 12.8 Å². The zero-order chi connectivity index (χ0) is 9.31. The van der Waals surface area contributed by atoms with Crippen molar-refractivity contribution in [2.24, 2.45) is 0 Å². The van der Waals surface area contributed by atoms with Crippen molar-refractivity contribution in [2.45, 2.75) is 18.4 Å². The number of rotatable bonds is 3. The molecule has 13 heavy (non-hydrogen) atoms. The molecule has 0 aliphatic heterocycles. The summed E-state index contributed by atoms with van der Waals surface area (Å²) in [5, 5.41) is 12.2. The molecule has 1 aliphatic rings. The fourth-order valence-corrected chi connectivity index (χ4v) is 1.15. The molecule has 1 aliphatic carbocycles. The average molecular weight is 180 g/mol. The maximum atomic E-state index is 9.04. The molecule has 70 valence electrons. The molecule has 1 fully saturated rings. The van der Waals surface area contributed by atoms with Gasteiger partial charge in [-0.15, -0.1) is 0 Å². The first-order valence-electron chi connectivity index (χ1n) is 4.21. The van der Waals surface area contributed by atoms with Crippen LogP contribution in [0.25, 0.3) is 0 Å². The van der Waals surface area contributed by atoms with E-state index in [0.717, 1.165) is 12.8 Å². The molecule has 0 aromatic carbocycles. The number of nitrogens with zero attached hydrogens (tertiary/aromatic N) is 2. The van der Waals surface area contributed by atoms with Gasteiger partial charge in [0.25, 0.3) is 0 Å². The van der Waals surface area contributed by atoms with E-state index in [2.05, 4.69) is 15.3 Å². The van der Waals surface area contributed by atoms with Crippen LogP contribution in [0.1, 0.15) is 12.8 Å². The van der Waals surface area contributed by atoms with Crippen LogP contribution in [0.3, 0.4) is 0 Å². The molecule has 0 bridgehead atoms. The lowest BCUT2D eigenvalue weighted by Gasteiger charge is -2.13. The molecule has 0 radical (unpaired) electrons. The highest BCUT2D eigenvalue weighted by molar-refractivity contribution is 5.41. The highest BCUT2D eigenvalue weighted by Gasteiger charge is 2.42. The largest absolute Gasteiger partial charge is 0.394 e. The first-order chi connectivity index (χ1) is 6.24. The first-order valence-corrected chi connectivity index (χ1v) is 4.21. The van der Waals surface area contributed by atoms with E-state index in [4.69, 9.17) is 10.8 Å². The van der Waals surface area contributed by atoms with E-state index in [1.807, 2.05) is 0 Å². The van der Waals surface area contributed by atoms with Gasteiger partial charge in [-0.25, -0.2) is 9.97 Å². The smallest absolute Gasteiger partial charge is 0.145 e. The molecule has 4 N–H and O–H groups in total. The first kappa shape index (κ1) is 8.25. The minimum absolute atomic E-state index is 0.138. The summed E-state index contributed by atoms with van der Waals surface area (Å²) < 4.78 is 0. The van der Waals surface area contributed by atoms with Crippen molar-refractivity contribution in [1.29, 1.82) is 0 Å². The summed E-state index contributed by atoms with van der Waals surface area (Å²) in [5.74, 6) is 1.07. The van der Waals surface area contributed by atoms with Crippen LogP contribution in [0.4, 0.5) is 11.6 Å². The Morgan fingerprint density at radius 2 is 2.23 bits per heavy atom. The van der Waals surface area contributed by atoms with Gasteiger partial charge in [-0.3, -0.25) is 0 Å². The van der Waals surface area contributed by atoms with Crippen LogP contribution in [0, 0.1) is 0 Å². The average Bonchev–Trinajstić information content (AvgIpc) is 2.90. The van der Waals surface area contributed by atoms with Gasteiger partial charge >= 0.3 is 0 Å². The minimum atomic E-state index is -0.148. The van der Waals surface area contributed by atoms with Crippen molar-refractivity contribution in [1.82, 2.24) is 9.97 Å². The summed E-state index contributed by atoms with van der Waals surface area (Å²) in [4.78, 5) is 7.94. The Morgan fingerprint density at radius 1 is 1.46 bits per heavy atom. The molecule has 0 saturated heterocycles. The Balaban J connectivity index is 2.06. The lowest BCUT2D eigenvalue weighted by molar-refractivity contribution is 0.266. The predicted octanol–water partition coefficient (Wildman–Crippen LogP) is -0.00440. The number of anilines is 2. The van der Waals surface area contributed by atoms with Crippen molar-refractivity contribution in [3.05, 3.63) is 12.4 Å². The lowest BCUT2D eigenvalue weighted by atomic mass is 10.3. The van der Waals surface area contributed by atoms with Crippen molar-refractivity contribution in [3.63, 3.8) is 0 Å². The van der Waals surface area contributed by atoms with Gasteiger partial charge in [-0.2, -0.15) is 0 Å². The zero-order valence-electron chi connectivity index (χ0n) is 7.20. The number of nitrogens with two attached hydrogens (primary N) is 1. The molecule has 1 aromatic rings. The van der Waals surface area contributed by atoms with Crippen LogP contribution in [0.5, 0.6) is 0 Å². The van der Waals surface area contributed by atoms with Crippen LogP contribution in [-0.2, 0) is 0 Å². The van der Waals surface area contributed by atoms with Gasteiger partial charge in [0, 0.05) is 0 Å². The normalized spacial score (nSPS) is 18.2. The standard InChI is InChI=1S/C8H12N4O/c9-6-3-11-7(4-10-6)12-8(5-13)1-2-8/h3-4,13H,1-2,5H2,(H2,9,10)(H,11,12). The zero-order valence-corrected chi connectivity index (χ0v) is 7.20. The Labute approximate surface area is 76.0 Å². The summed E-state index contributed by atoms with van der Waals surface area (Å²) in [5.41, 5.74) is 5.24. The van der Waals surface area contributed by atoms with Crippen LogP contribution < -0.4 is 11.1 Å². The van der Waals surface area contributed by atoms with E-state index in [9.17, 15) is 0 Å². The number of aliphatic hydroxyl groups is 1. The molecular formula is C8H12N4O. The van der Waals surface area contributed by atoms with Crippen molar-refractivity contribution in [2.75, 3.05) is 17.7 Å². The van der Waals surface area contributed by atoms with Crippen molar-refractivity contribution >= 4 is 11.6 Å². The highest BCUT2D eigenvalue weighted by Crippen LogP contribution is 2.37. The molecule has 0 spiro atoms. The van der Waals surface area contributed by atoms with Crippen LogP contribution in [0.2, 0.25) is 0 Å². The van der Waals surface area contributed by atoms with Crippen LogP contribution >= 0.6 is 0 Å². The van der Waals surface area contributed by atoms with Gasteiger partial charge in [0.15, 0.2) is 0 Å². The maximum absolute atomic E-state index is 9.04. The lowest BCUT2D eigenvalue weighted by Crippen LogP contribution is -2.26. The third-order valence-corrected chi connectivity index (χ3v) is 2.22. The van der Waals surface area contributed by atoms with Crippen LogP contribution in [0.15, 0.2) is 12.4 Å². The fourth-order valence-electron chi connectivity index (χ4n) is 1.15. The number of nitrogens with one attached hydrogen (secondary N) is 1. The van der Waals surface area contributed by atoms with Gasteiger partial charge in [0.2, 0.25) is 0 Å². The SMILES string of the molecule is Nc1cnc(NC2(CO)CC2)cn1. The molecule has 2 rings (SSSR count). The Hall–Kier alpha value is -1.36. The number of nitrogen functional groups attached to an aromatic ring is 1. The van der Waals surface area contributed by atoms with E-state index < -0.39 is 0 Å². The van der Waals surface area contributed by atoms with E-state index >= 15 is 0 Å². The van der Waals surface area contributed by atoms with Gasteiger partial charge in [0.1, 0.15) is 11.6 Å². The van der Waals surface area contributed by atoms with E-state index in [-0.39, 0.29) is 12.1 Å². The topological polar surface area (TPSA) is 84.1 Å². The Morgan fingerprint density at radius 3 is 2.69 bits per heavy atom. The summed E-state index contributed by atoms with van der Waals surface area (Å²) in [6, 6.07) is 0. The van der Waals surface area contributed by atoms with Crippen molar-refractivity contribution in [3.8, 4) is 0 Å². The number of hydrogen-bond acceptors (Lipinski definition) is 5. The number of hydrogen-bond donors (Lipinski definition) is 3. The second-order valence-corrected chi connectivity index (χ2v) is 3.39. The summed E-state index contributed by atoms with van der Waals surface area (Å²) in [6.07, 6.45) is 5.03. The monoisotopic (exact) mass is 180 g/mol. The quantitative estimate of drug-likeness (QED) is 0.609. The summed E-state index contributed by atoms with van der Waals surface area (Å²) in [7, 11) is 0. The van der Waals surface area contributed by atoms with E-state index in [1.165, 1.54) is 6.20 Å². The Bertz CT molecular complexity index is 294. The predicted molar refractivity (Wildman–Crippen MR) is 49.1 cm³/mol. The molecule has 1 heterocycles. The van der Waals surface area contributed by atoms with E-state index in [0.29, 0.717) is 11.6 Å². The van der Waals surface area contributed by atoms with Crippen molar-refractivity contribution < 1.29 is 5.11 Å². The molecular weight excluding hydrogens is 168 g/mol.